The lowest BCUT2D eigenvalue weighted by Gasteiger charge is -2.20. The fourth-order valence-electron chi connectivity index (χ4n) is 6.53. The molecule has 0 atom stereocenters. The van der Waals surface area contributed by atoms with Crippen molar-refractivity contribution in [1.82, 2.24) is 0 Å². The molecule has 0 bridgehead atoms. The van der Waals surface area contributed by atoms with Crippen LogP contribution < -0.4 is 0 Å². The molecule has 0 nitrogen and oxygen atoms in total. The van der Waals surface area contributed by atoms with Crippen LogP contribution in [0.4, 0.5) is 0 Å². The monoisotopic (exact) mass is 550 g/mol. The van der Waals surface area contributed by atoms with Crippen molar-refractivity contribution in [2.75, 3.05) is 0 Å². The summed E-state index contributed by atoms with van der Waals surface area (Å²) in [5.41, 5.74) is 9.64. The third-order valence-electron chi connectivity index (χ3n) is 8.38. The van der Waals surface area contributed by atoms with E-state index in [0.29, 0.717) is 0 Å². The fraction of sp³-hybridized carbons (Fsp3) is 0.0244. The first-order valence-electron chi connectivity index (χ1n) is 14.3. The molecular weight excluding hydrogens is 525 g/mol. The molecular formula is C41H26S. The molecule has 8 rings (SSSR count). The van der Waals surface area contributed by atoms with E-state index in [-0.39, 0.29) is 0 Å². The zero-order chi connectivity index (χ0) is 28.0. The largest absolute Gasteiger partial charge is 0.143 e. The summed E-state index contributed by atoms with van der Waals surface area (Å²) in [5.74, 6) is 6.86. The van der Waals surface area contributed by atoms with Gasteiger partial charge in [-0.2, -0.15) is 0 Å². The Morgan fingerprint density at radius 2 is 1.14 bits per heavy atom. The molecule has 196 valence electrons. The van der Waals surface area contributed by atoms with Crippen molar-refractivity contribution in [3.63, 3.8) is 0 Å². The van der Waals surface area contributed by atoms with Gasteiger partial charge in [-0.3, -0.25) is 0 Å². The normalized spacial score (nSPS) is 12.2. The lowest BCUT2D eigenvalue weighted by molar-refractivity contribution is 1.50. The van der Waals surface area contributed by atoms with Crippen LogP contribution in [0.5, 0.6) is 0 Å². The minimum atomic E-state index is 0.740. The number of allylic oxidation sites excluding steroid dienone is 1. The molecule has 0 spiro atoms. The van der Waals surface area contributed by atoms with Crippen LogP contribution in [0.2, 0.25) is 0 Å². The summed E-state index contributed by atoms with van der Waals surface area (Å²) in [7, 11) is 0. The molecule has 1 heteroatoms. The van der Waals surface area contributed by atoms with E-state index in [4.69, 9.17) is 12.6 Å². The highest BCUT2D eigenvalue weighted by Crippen LogP contribution is 2.46. The predicted octanol–water partition coefficient (Wildman–Crippen LogP) is 11.2. The van der Waals surface area contributed by atoms with Crippen LogP contribution in [0.1, 0.15) is 17.5 Å². The van der Waals surface area contributed by atoms with Crippen LogP contribution in [0.3, 0.4) is 0 Å². The maximum atomic E-state index is 4.85. The quantitative estimate of drug-likeness (QED) is 0.126. The van der Waals surface area contributed by atoms with Crippen LogP contribution in [-0.4, -0.2) is 0 Å². The average Bonchev–Trinajstić information content (AvgIpc) is 3.30. The third-order valence-corrected chi connectivity index (χ3v) is 8.76. The summed E-state index contributed by atoms with van der Waals surface area (Å²) in [4.78, 5) is 0.962. The van der Waals surface area contributed by atoms with Gasteiger partial charge in [0.15, 0.2) is 0 Å². The van der Waals surface area contributed by atoms with Gasteiger partial charge in [0.2, 0.25) is 0 Å². The minimum absolute atomic E-state index is 0.740. The zero-order valence-electron chi connectivity index (χ0n) is 22.9. The maximum absolute atomic E-state index is 4.85. The number of rotatable bonds is 3. The van der Waals surface area contributed by atoms with Crippen LogP contribution >= 0.6 is 12.6 Å². The van der Waals surface area contributed by atoms with Gasteiger partial charge in [0.25, 0.3) is 0 Å². The van der Waals surface area contributed by atoms with Gasteiger partial charge in [0.1, 0.15) is 0 Å². The second-order valence-corrected chi connectivity index (χ2v) is 11.3. The van der Waals surface area contributed by atoms with Gasteiger partial charge < -0.3 is 0 Å². The van der Waals surface area contributed by atoms with Crippen molar-refractivity contribution in [3.05, 3.63) is 145 Å². The molecule has 0 aliphatic heterocycles. The van der Waals surface area contributed by atoms with E-state index in [9.17, 15) is 0 Å². The van der Waals surface area contributed by atoms with Crippen molar-refractivity contribution in [2.24, 2.45) is 0 Å². The Balaban J connectivity index is 1.46. The van der Waals surface area contributed by atoms with E-state index in [0.717, 1.165) is 27.7 Å². The Hall–Kier alpha value is -5.03. The first kappa shape index (κ1) is 24.7. The predicted molar refractivity (Wildman–Crippen MR) is 183 cm³/mol. The molecule has 1 aliphatic rings. The second-order valence-electron chi connectivity index (χ2n) is 10.8. The number of hydrogen-bond acceptors (Lipinski definition) is 1. The Labute approximate surface area is 251 Å². The molecule has 0 aromatic heterocycles. The summed E-state index contributed by atoms with van der Waals surface area (Å²) in [5, 5.41) is 7.27. The van der Waals surface area contributed by atoms with Gasteiger partial charge in [0.05, 0.1) is 0 Å². The molecule has 0 amide bonds. The van der Waals surface area contributed by atoms with Crippen LogP contribution in [0.25, 0.3) is 71.8 Å². The van der Waals surface area contributed by atoms with Gasteiger partial charge >= 0.3 is 0 Å². The summed E-state index contributed by atoms with van der Waals surface area (Å²) in [6.45, 7) is 0. The van der Waals surface area contributed by atoms with Crippen molar-refractivity contribution in [2.45, 2.75) is 11.3 Å². The van der Waals surface area contributed by atoms with E-state index in [1.54, 1.807) is 0 Å². The number of benzene rings is 7. The van der Waals surface area contributed by atoms with E-state index < -0.39 is 0 Å². The van der Waals surface area contributed by atoms with Gasteiger partial charge in [0, 0.05) is 22.3 Å². The number of hydrogen-bond donors (Lipinski definition) is 1. The number of fused-ring (bicyclic) bond motifs is 5. The Bertz CT molecular complexity index is 2200. The molecule has 0 N–H and O–H groups in total. The molecule has 0 heterocycles. The zero-order valence-corrected chi connectivity index (χ0v) is 23.8. The van der Waals surface area contributed by atoms with E-state index in [1.807, 2.05) is 0 Å². The minimum Gasteiger partial charge on any atom is -0.143 e. The van der Waals surface area contributed by atoms with Crippen LogP contribution in [0, 0.1) is 11.8 Å². The summed E-state index contributed by atoms with van der Waals surface area (Å²) in [6.07, 6.45) is 5.17. The van der Waals surface area contributed by atoms with Crippen molar-refractivity contribution in [1.29, 1.82) is 0 Å². The van der Waals surface area contributed by atoms with Crippen LogP contribution in [0.15, 0.2) is 138 Å². The molecule has 7 aromatic rings. The SMILES string of the molecule is Sc1cccc2cc(-c3c4ccccc4c(-c4ccc(-c5ccccc5)cc4)c4ccccc34)c3c(c12)C#CCC=C3. The van der Waals surface area contributed by atoms with Crippen LogP contribution in [-0.2, 0) is 0 Å². The lowest BCUT2D eigenvalue weighted by atomic mass is 9.82. The fourth-order valence-corrected chi connectivity index (χ4v) is 6.85. The third kappa shape index (κ3) is 3.96. The van der Waals surface area contributed by atoms with Gasteiger partial charge in [-0.15, -0.1) is 12.6 Å². The second kappa shape index (κ2) is 10.1. The first-order valence-corrected chi connectivity index (χ1v) is 14.8. The standard InChI is InChI=1S/C41H26S/c42-38-21-11-14-30-26-37(31-15-5-2-6-16-32(31)40(30)38)41-35-19-9-7-17-33(35)39(34-18-8-10-20-36(34)41)29-24-22-28(23-25-29)27-12-3-1-4-13-27/h1,3-5,7-15,17-26,42H,2H2. The Morgan fingerprint density at radius 1 is 0.548 bits per heavy atom. The molecule has 0 fully saturated rings. The molecule has 42 heavy (non-hydrogen) atoms. The highest BCUT2D eigenvalue weighted by molar-refractivity contribution is 7.80. The molecule has 7 aromatic carbocycles. The molecule has 0 radical (unpaired) electrons. The lowest BCUT2D eigenvalue weighted by Crippen LogP contribution is -1.96. The average molecular weight is 551 g/mol. The Kier molecular flexibility index (Phi) is 5.95. The first-order chi connectivity index (χ1) is 20.8. The summed E-state index contributed by atoms with van der Waals surface area (Å²) >= 11 is 4.85. The highest BCUT2D eigenvalue weighted by atomic mass is 32.1. The Morgan fingerprint density at radius 3 is 1.83 bits per heavy atom. The van der Waals surface area contributed by atoms with E-state index >= 15 is 0 Å². The molecule has 0 unspecified atom stereocenters. The van der Waals surface area contributed by atoms with Gasteiger partial charge in [-0.25, -0.2) is 0 Å². The smallest absolute Gasteiger partial charge is 0.0413 e. The molecule has 0 saturated carbocycles. The number of thiol groups is 1. The van der Waals surface area contributed by atoms with E-state index in [1.165, 1.54) is 60.5 Å². The van der Waals surface area contributed by atoms with Crippen molar-refractivity contribution >= 4 is 51.0 Å². The maximum Gasteiger partial charge on any atom is 0.0413 e. The van der Waals surface area contributed by atoms with E-state index in [2.05, 4.69) is 151 Å². The van der Waals surface area contributed by atoms with Gasteiger partial charge in [-0.1, -0.05) is 139 Å². The summed E-state index contributed by atoms with van der Waals surface area (Å²) in [6, 6.07) is 46.0. The molecule has 0 saturated heterocycles. The topological polar surface area (TPSA) is 0 Å². The van der Waals surface area contributed by atoms with Gasteiger partial charge in [-0.05, 0) is 78.0 Å². The van der Waals surface area contributed by atoms with Crippen molar-refractivity contribution < 1.29 is 0 Å². The van der Waals surface area contributed by atoms with Crippen molar-refractivity contribution in [3.8, 4) is 45.2 Å². The summed E-state index contributed by atoms with van der Waals surface area (Å²) < 4.78 is 0. The molecule has 1 aliphatic carbocycles. The highest BCUT2D eigenvalue weighted by Gasteiger charge is 2.21.